The molecular weight excluding hydrogens is 318 g/mol. The Balaban J connectivity index is 1.96. The predicted molar refractivity (Wildman–Crippen MR) is 98.6 cm³/mol. The smallest absolute Gasteiger partial charge is 0.255 e. The van der Waals surface area contributed by atoms with Gasteiger partial charge in [0.25, 0.3) is 5.91 Å². The van der Waals surface area contributed by atoms with Crippen molar-refractivity contribution in [3.05, 3.63) is 54.1 Å². The van der Waals surface area contributed by atoms with Crippen LogP contribution in [0, 0.1) is 0 Å². The van der Waals surface area contributed by atoms with E-state index in [-0.39, 0.29) is 12.0 Å². The van der Waals surface area contributed by atoms with Crippen molar-refractivity contribution in [2.24, 2.45) is 0 Å². The summed E-state index contributed by atoms with van der Waals surface area (Å²) in [7, 11) is 1.62. The molecule has 1 unspecified atom stereocenters. The van der Waals surface area contributed by atoms with E-state index in [1.54, 1.807) is 31.4 Å². The van der Waals surface area contributed by atoms with E-state index < -0.39 is 0 Å². The Morgan fingerprint density at radius 1 is 1.08 bits per heavy atom. The Hall–Kier alpha value is -2.53. The third-order valence-electron chi connectivity index (χ3n) is 3.68. The number of methoxy groups -OCH3 is 1. The maximum Gasteiger partial charge on any atom is 0.255 e. The lowest BCUT2D eigenvalue weighted by Gasteiger charge is -2.13. The fourth-order valence-corrected chi connectivity index (χ4v) is 2.11. The van der Waals surface area contributed by atoms with Gasteiger partial charge < -0.3 is 19.5 Å². The van der Waals surface area contributed by atoms with Crippen LogP contribution in [0.1, 0.15) is 30.6 Å². The lowest BCUT2D eigenvalue weighted by atomic mass is 10.2. The number of hydrogen-bond donors (Lipinski definition) is 1. The third kappa shape index (κ3) is 6.12. The van der Waals surface area contributed by atoms with Crippen molar-refractivity contribution in [2.45, 2.75) is 26.4 Å². The molecule has 0 saturated heterocycles. The molecule has 1 atom stereocenters. The monoisotopic (exact) mass is 343 g/mol. The summed E-state index contributed by atoms with van der Waals surface area (Å²) in [5.41, 5.74) is 1.26. The lowest BCUT2D eigenvalue weighted by molar-refractivity contribution is 0.102. The summed E-state index contributed by atoms with van der Waals surface area (Å²) < 4.78 is 16.2. The van der Waals surface area contributed by atoms with Crippen LogP contribution in [0.3, 0.4) is 0 Å². The van der Waals surface area contributed by atoms with Crippen LogP contribution in [0.15, 0.2) is 48.5 Å². The fourth-order valence-electron chi connectivity index (χ4n) is 2.11. The Labute approximate surface area is 148 Å². The summed E-state index contributed by atoms with van der Waals surface area (Å²) in [4.78, 5) is 12.4. The van der Waals surface area contributed by atoms with Crippen LogP contribution in [0.25, 0.3) is 0 Å². The Morgan fingerprint density at radius 2 is 1.84 bits per heavy atom. The Morgan fingerprint density at radius 3 is 2.52 bits per heavy atom. The number of anilines is 1. The first-order chi connectivity index (χ1) is 12.1. The highest BCUT2D eigenvalue weighted by Crippen LogP contribution is 2.20. The molecule has 0 aliphatic rings. The van der Waals surface area contributed by atoms with Gasteiger partial charge in [-0.25, -0.2) is 0 Å². The van der Waals surface area contributed by atoms with Crippen LogP contribution in [0.5, 0.6) is 11.5 Å². The average Bonchev–Trinajstić information content (AvgIpc) is 2.62. The molecule has 5 nitrogen and oxygen atoms in total. The van der Waals surface area contributed by atoms with Gasteiger partial charge in [0.15, 0.2) is 0 Å². The van der Waals surface area contributed by atoms with Crippen LogP contribution in [-0.4, -0.2) is 32.3 Å². The zero-order valence-electron chi connectivity index (χ0n) is 15.0. The number of rotatable bonds is 9. The molecular formula is C20H25NO4. The molecule has 2 rings (SSSR count). The molecule has 1 N–H and O–H groups in total. The number of amides is 1. The molecule has 0 aliphatic heterocycles. The number of hydrogen-bond acceptors (Lipinski definition) is 4. The van der Waals surface area contributed by atoms with Crippen LogP contribution < -0.4 is 14.8 Å². The van der Waals surface area contributed by atoms with Gasteiger partial charge in [0, 0.05) is 24.4 Å². The van der Waals surface area contributed by atoms with E-state index in [1.807, 2.05) is 31.2 Å². The van der Waals surface area contributed by atoms with Gasteiger partial charge in [-0.1, -0.05) is 13.0 Å². The number of benzene rings is 2. The zero-order chi connectivity index (χ0) is 18.1. The topological polar surface area (TPSA) is 56.8 Å². The second kappa shape index (κ2) is 9.69. The first kappa shape index (κ1) is 18.8. The first-order valence-corrected chi connectivity index (χ1v) is 8.42. The van der Waals surface area contributed by atoms with Gasteiger partial charge in [-0.2, -0.15) is 0 Å². The number of carbonyl (C=O) groups excluding carboxylic acids is 1. The third-order valence-corrected chi connectivity index (χ3v) is 3.68. The van der Waals surface area contributed by atoms with Crippen molar-refractivity contribution in [3.8, 4) is 11.5 Å². The molecule has 5 heteroatoms. The second-order valence-corrected chi connectivity index (χ2v) is 5.68. The second-order valence-electron chi connectivity index (χ2n) is 5.68. The maximum atomic E-state index is 12.4. The van der Waals surface area contributed by atoms with E-state index in [1.165, 1.54) is 0 Å². The van der Waals surface area contributed by atoms with Gasteiger partial charge in [0.1, 0.15) is 18.1 Å². The minimum Gasteiger partial charge on any atom is -0.491 e. The molecule has 0 aliphatic carbocycles. The normalized spacial score (nSPS) is 11.6. The molecule has 134 valence electrons. The minimum atomic E-state index is -0.177. The van der Waals surface area contributed by atoms with Crippen molar-refractivity contribution >= 4 is 11.6 Å². The van der Waals surface area contributed by atoms with E-state index in [4.69, 9.17) is 14.2 Å². The maximum absolute atomic E-state index is 12.4. The van der Waals surface area contributed by atoms with Crippen molar-refractivity contribution in [3.63, 3.8) is 0 Å². The van der Waals surface area contributed by atoms with Gasteiger partial charge in [-0.05, 0) is 49.7 Å². The summed E-state index contributed by atoms with van der Waals surface area (Å²) in [6, 6.07) is 14.4. The van der Waals surface area contributed by atoms with E-state index in [2.05, 4.69) is 12.2 Å². The molecule has 0 radical (unpaired) electrons. The summed E-state index contributed by atoms with van der Waals surface area (Å²) in [6.07, 6.45) is 1.06. The van der Waals surface area contributed by atoms with E-state index in [9.17, 15) is 4.79 Å². The molecule has 0 spiro atoms. The lowest BCUT2D eigenvalue weighted by Crippen LogP contribution is -2.13. The Kier molecular flexibility index (Phi) is 7.29. The van der Waals surface area contributed by atoms with Gasteiger partial charge >= 0.3 is 0 Å². The van der Waals surface area contributed by atoms with Crippen molar-refractivity contribution < 1.29 is 19.0 Å². The molecule has 0 saturated carbocycles. The van der Waals surface area contributed by atoms with Gasteiger partial charge in [0.2, 0.25) is 0 Å². The van der Waals surface area contributed by atoms with Gasteiger partial charge in [-0.15, -0.1) is 0 Å². The van der Waals surface area contributed by atoms with Gasteiger partial charge in [0.05, 0.1) is 12.7 Å². The summed E-state index contributed by atoms with van der Waals surface area (Å²) in [5, 5.41) is 2.88. The van der Waals surface area contributed by atoms with Crippen LogP contribution in [0.2, 0.25) is 0 Å². The molecule has 0 heterocycles. The summed E-state index contributed by atoms with van der Waals surface area (Å²) in [6.45, 7) is 5.09. The largest absolute Gasteiger partial charge is 0.491 e. The highest BCUT2D eigenvalue weighted by atomic mass is 16.5. The minimum absolute atomic E-state index is 0.136. The average molecular weight is 343 g/mol. The van der Waals surface area contributed by atoms with E-state index >= 15 is 0 Å². The first-order valence-electron chi connectivity index (χ1n) is 8.42. The SMILES string of the molecule is CCC(C)Oc1cccc(NC(=O)c2ccc(OCCOC)cc2)c1. The summed E-state index contributed by atoms with van der Waals surface area (Å²) >= 11 is 0. The zero-order valence-corrected chi connectivity index (χ0v) is 15.0. The summed E-state index contributed by atoms with van der Waals surface area (Å²) in [5.74, 6) is 1.27. The van der Waals surface area contributed by atoms with Gasteiger partial charge in [-0.3, -0.25) is 4.79 Å². The molecule has 0 fully saturated rings. The predicted octanol–water partition coefficient (Wildman–Crippen LogP) is 4.14. The fraction of sp³-hybridized carbons (Fsp3) is 0.350. The molecule has 1 amide bonds. The van der Waals surface area contributed by atoms with Crippen LogP contribution in [-0.2, 0) is 4.74 Å². The van der Waals surface area contributed by atoms with Crippen molar-refractivity contribution in [1.82, 2.24) is 0 Å². The quantitative estimate of drug-likeness (QED) is 0.695. The van der Waals surface area contributed by atoms with Crippen molar-refractivity contribution in [2.75, 3.05) is 25.6 Å². The number of nitrogens with one attached hydrogen (secondary N) is 1. The molecule has 0 aromatic heterocycles. The highest BCUT2D eigenvalue weighted by Gasteiger charge is 2.08. The molecule has 0 bridgehead atoms. The highest BCUT2D eigenvalue weighted by molar-refractivity contribution is 6.04. The standard InChI is InChI=1S/C20H25NO4/c1-4-15(2)25-19-7-5-6-17(14-19)21-20(22)16-8-10-18(11-9-16)24-13-12-23-3/h5-11,14-15H,4,12-13H2,1-3H3,(H,21,22). The molecule has 25 heavy (non-hydrogen) atoms. The van der Waals surface area contributed by atoms with Crippen LogP contribution >= 0.6 is 0 Å². The van der Waals surface area contributed by atoms with E-state index in [0.29, 0.717) is 30.2 Å². The Bertz CT molecular complexity index is 670. The number of ether oxygens (including phenoxy) is 3. The molecule has 2 aromatic rings. The van der Waals surface area contributed by atoms with E-state index in [0.717, 1.165) is 12.2 Å². The van der Waals surface area contributed by atoms with Crippen molar-refractivity contribution in [1.29, 1.82) is 0 Å². The number of carbonyl (C=O) groups is 1. The molecule has 2 aromatic carbocycles. The van der Waals surface area contributed by atoms with Crippen LogP contribution in [0.4, 0.5) is 5.69 Å².